The first-order valence-electron chi connectivity index (χ1n) is 5.48. The Bertz CT molecular complexity index is 552. The van der Waals surface area contributed by atoms with Crippen molar-refractivity contribution in [3.05, 3.63) is 29.8 Å². The molecule has 7 heteroatoms. The monoisotopic (exact) mass is 270 g/mol. The second-order valence-corrected chi connectivity index (χ2v) is 5.77. The van der Waals surface area contributed by atoms with Crippen molar-refractivity contribution >= 4 is 15.9 Å². The zero-order chi connectivity index (χ0) is 13.2. The van der Waals surface area contributed by atoms with E-state index in [9.17, 15) is 13.2 Å². The number of hydroxylamine groups is 1. The summed E-state index contributed by atoms with van der Waals surface area (Å²) in [4.78, 5) is 16.1. The fourth-order valence-electron chi connectivity index (χ4n) is 1.44. The van der Waals surface area contributed by atoms with Crippen molar-refractivity contribution in [2.24, 2.45) is 0 Å². The van der Waals surface area contributed by atoms with E-state index < -0.39 is 15.9 Å². The molecule has 0 spiro atoms. The lowest BCUT2D eigenvalue weighted by Crippen LogP contribution is -2.26. The molecule has 1 aliphatic rings. The maximum atomic E-state index is 11.9. The second kappa shape index (κ2) is 5.05. The molecule has 6 nitrogen and oxygen atoms in total. The Morgan fingerprint density at radius 1 is 1.39 bits per heavy atom. The molecular weight excluding hydrogens is 256 g/mol. The van der Waals surface area contributed by atoms with Gasteiger partial charge >= 0.3 is 0 Å². The van der Waals surface area contributed by atoms with Crippen molar-refractivity contribution in [3.8, 4) is 0 Å². The maximum Gasteiger partial charge on any atom is 0.274 e. The van der Waals surface area contributed by atoms with Gasteiger partial charge in [0.25, 0.3) is 5.91 Å². The number of benzene rings is 1. The van der Waals surface area contributed by atoms with Crippen LogP contribution in [0.2, 0.25) is 0 Å². The highest BCUT2D eigenvalue weighted by Crippen LogP contribution is 2.22. The molecule has 0 unspecified atom stereocenters. The number of hydrogen-bond acceptors (Lipinski definition) is 4. The molecule has 0 aromatic heterocycles. The summed E-state index contributed by atoms with van der Waals surface area (Å²) in [7, 11) is -2.23. The Balaban J connectivity index is 2.23. The van der Waals surface area contributed by atoms with Gasteiger partial charge in [-0.2, -0.15) is 0 Å². The summed E-state index contributed by atoms with van der Waals surface area (Å²) in [5.41, 5.74) is 2.37. The highest BCUT2D eigenvalue weighted by molar-refractivity contribution is 7.89. The van der Waals surface area contributed by atoms with Crippen LogP contribution in [0.3, 0.4) is 0 Å². The van der Waals surface area contributed by atoms with Gasteiger partial charge in [0, 0.05) is 11.6 Å². The van der Waals surface area contributed by atoms with Gasteiger partial charge in [-0.3, -0.25) is 9.63 Å². The molecule has 1 aromatic carbocycles. The van der Waals surface area contributed by atoms with Crippen LogP contribution in [-0.4, -0.2) is 27.5 Å². The number of rotatable bonds is 5. The number of carbonyl (C=O) groups excluding carboxylic acids is 1. The van der Waals surface area contributed by atoms with E-state index in [1.165, 1.54) is 31.4 Å². The molecule has 0 aliphatic heterocycles. The maximum absolute atomic E-state index is 11.9. The molecule has 2 N–H and O–H groups in total. The molecule has 1 saturated carbocycles. The smallest absolute Gasteiger partial charge is 0.274 e. The van der Waals surface area contributed by atoms with Gasteiger partial charge < -0.3 is 0 Å². The molecule has 1 fully saturated rings. The minimum atomic E-state index is -3.54. The lowest BCUT2D eigenvalue weighted by molar-refractivity contribution is 0.0537. The summed E-state index contributed by atoms with van der Waals surface area (Å²) in [5, 5.41) is 0. The van der Waals surface area contributed by atoms with Gasteiger partial charge in [0.1, 0.15) is 0 Å². The van der Waals surface area contributed by atoms with Crippen LogP contribution < -0.4 is 10.2 Å². The summed E-state index contributed by atoms with van der Waals surface area (Å²) in [5.74, 6) is -0.485. The van der Waals surface area contributed by atoms with E-state index in [0.29, 0.717) is 0 Å². The molecule has 0 saturated heterocycles. The minimum absolute atomic E-state index is 0.0338. The van der Waals surface area contributed by atoms with Gasteiger partial charge in [-0.25, -0.2) is 18.6 Å². The van der Waals surface area contributed by atoms with Crippen LogP contribution in [0.4, 0.5) is 0 Å². The third kappa shape index (κ3) is 3.06. The zero-order valence-corrected chi connectivity index (χ0v) is 10.7. The molecule has 0 atom stereocenters. The number of hydrogen-bond donors (Lipinski definition) is 2. The first-order valence-corrected chi connectivity index (χ1v) is 6.97. The molecule has 0 bridgehead atoms. The number of nitrogens with one attached hydrogen (secondary N) is 2. The van der Waals surface area contributed by atoms with E-state index in [1.807, 2.05) is 0 Å². The Morgan fingerprint density at radius 2 is 2.11 bits per heavy atom. The van der Waals surface area contributed by atoms with Crippen LogP contribution in [0.25, 0.3) is 0 Å². The van der Waals surface area contributed by atoms with Crippen LogP contribution in [0.5, 0.6) is 0 Å². The van der Waals surface area contributed by atoms with E-state index >= 15 is 0 Å². The quantitative estimate of drug-likeness (QED) is 0.759. The normalized spacial score (nSPS) is 15.4. The summed E-state index contributed by atoms with van der Waals surface area (Å²) in [6, 6.07) is 5.84. The Labute approximate surface area is 105 Å². The molecule has 1 aromatic rings. The molecule has 18 heavy (non-hydrogen) atoms. The minimum Gasteiger partial charge on any atom is -0.277 e. The fourth-order valence-corrected chi connectivity index (χ4v) is 2.80. The van der Waals surface area contributed by atoms with Gasteiger partial charge in [0.05, 0.1) is 12.0 Å². The van der Waals surface area contributed by atoms with Crippen LogP contribution in [0, 0.1) is 0 Å². The van der Waals surface area contributed by atoms with Crippen molar-refractivity contribution in [3.63, 3.8) is 0 Å². The standard InChI is InChI=1S/C11H14N2O4S/c1-17-12-11(14)8-3-2-4-10(7-8)18(15,16)13-9-5-6-9/h2-4,7,9,13H,5-6H2,1H3,(H,12,14). The van der Waals surface area contributed by atoms with Gasteiger partial charge in [0.15, 0.2) is 0 Å². The predicted molar refractivity (Wildman–Crippen MR) is 64.3 cm³/mol. The zero-order valence-electron chi connectivity index (χ0n) is 9.84. The number of carbonyl (C=O) groups is 1. The van der Waals surface area contributed by atoms with Crippen molar-refractivity contribution in [2.45, 2.75) is 23.8 Å². The number of sulfonamides is 1. The predicted octanol–water partition coefficient (Wildman–Crippen LogP) is 0.419. The van der Waals surface area contributed by atoms with Crippen LogP contribution >= 0.6 is 0 Å². The van der Waals surface area contributed by atoms with Gasteiger partial charge in [-0.1, -0.05) is 6.07 Å². The molecule has 1 amide bonds. The average Bonchev–Trinajstić information content (AvgIpc) is 3.13. The molecular formula is C11H14N2O4S. The number of amides is 1. The lowest BCUT2D eigenvalue weighted by Gasteiger charge is -2.07. The van der Waals surface area contributed by atoms with E-state index in [2.05, 4.69) is 15.0 Å². The van der Waals surface area contributed by atoms with Crippen LogP contribution in [0.15, 0.2) is 29.2 Å². The van der Waals surface area contributed by atoms with Crippen LogP contribution in [-0.2, 0) is 14.9 Å². The average molecular weight is 270 g/mol. The van der Waals surface area contributed by atoms with Crippen molar-refractivity contribution in [1.29, 1.82) is 0 Å². The van der Waals surface area contributed by atoms with Gasteiger partial charge in [-0.15, -0.1) is 0 Å². The van der Waals surface area contributed by atoms with E-state index in [0.717, 1.165) is 12.8 Å². The SMILES string of the molecule is CONC(=O)c1cccc(S(=O)(=O)NC2CC2)c1. The molecule has 1 aliphatic carbocycles. The Kier molecular flexibility index (Phi) is 3.65. The molecule has 98 valence electrons. The lowest BCUT2D eigenvalue weighted by atomic mass is 10.2. The molecule has 2 rings (SSSR count). The van der Waals surface area contributed by atoms with Crippen molar-refractivity contribution < 1.29 is 18.0 Å². The summed E-state index contributed by atoms with van der Waals surface area (Å²) in [6.07, 6.45) is 1.73. The van der Waals surface area contributed by atoms with Crippen molar-refractivity contribution in [2.75, 3.05) is 7.11 Å². The van der Waals surface area contributed by atoms with Gasteiger partial charge in [0.2, 0.25) is 10.0 Å². The highest BCUT2D eigenvalue weighted by Gasteiger charge is 2.28. The van der Waals surface area contributed by atoms with E-state index in [1.54, 1.807) is 0 Å². The third-order valence-corrected chi connectivity index (χ3v) is 4.02. The first-order chi connectivity index (χ1) is 8.53. The second-order valence-electron chi connectivity index (χ2n) is 4.06. The summed E-state index contributed by atoms with van der Waals surface area (Å²) in [6.45, 7) is 0. The molecule has 0 heterocycles. The van der Waals surface area contributed by atoms with E-state index in [4.69, 9.17) is 0 Å². The van der Waals surface area contributed by atoms with Gasteiger partial charge in [-0.05, 0) is 31.0 Å². The van der Waals surface area contributed by atoms with Crippen molar-refractivity contribution in [1.82, 2.24) is 10.2 Å². The van der Waals surface area contributed by atoms with E-state index in [-0.39, 0.29) is 16.5 Å². The van der Waals surface area contributed by atoms with Crippen LogP contribution in [0.1, 0.15) is 23.2 Å². The summed E-state index contributed by atoms with van der Waals surface area (Å²) >= 11 is 0. The Morgan fingerprint density at radius 3 is 2.72 bits per heavy atom. The first kappa shape index (κ1) is 13.0. The summed E-state index contributed by atoms with van der Waals surface area (Å²) < 4.78 is 26.4. The fraction of sp³-hybridized carbons (Fsp3) is 0.364. The third-order valence-electron chi connectivity index (χ3n) is 2.50. The largest absolute Gasteiger partial charge is 0.277 e. The Hall–Kier alpha value is -1.44. The topological polar surface area (TPSA) is 84.5 Å². The highest BCUT2D eigenvalue weighted by atomic mass is 32.2. The molecule has 0 radical (unpaired) electrons.